The molecule has 0 aromatic carbocycles. The van der Waals surface area contributed by atoms with E-state index in [1.54, 1.807) is 7.11 Å². The third kappa shape index (κ3) is 2.99. The number of carbonyl (C=O) groups is 1. The van der Waals surface area contributed by atoms with Crippen LogP contribution in [0.25, 0.3) is 0 Å². The minimum Gasteiger partial charge on any atom is -0.479 e. The highest BCUT2D eigenvalue weighted by Gasteiger charge is 2.17. The molecule has 1 rings (SSSR count). The van der Waals surface area contributed by atoms with E-state index in [2.05, 4.69) is 9.97 Å². The van der Waals surface area contributed by atoms with E-state index in [1.165, 1.54) is 19.5 Å². The molecule has 0 fully saturated rings. The molecule has 0 bridgehead atoms. The van der Waals surface area contributed by atoms with Crippen molar-refractivity contribution in [2.24, 2.45) is 0 Å². The summed E-state index contributed by atoms with van der Waals surface area (Å²) in [7, 11) is 3.02. The first-order chi connectivity index (χ1) is 7.19. The van der Waals surface area contributed by atoms with Crippen LogP contribution in [0.5, 0.6) is 5.88 Å². The molecule has 0 aliphatic heterocycles. The number of ether oxygens (including phenoxy) is 2. The van der Waals surface area contributed by atoms with Gasteiger partial charge < -0.3 is 9.47 Å². The largest absolute Gasteiger partial charge is 0.479 e. The lowest BCUT2D eigenvalue weighted by molar-refractivity contribution is 0.0784. The zero-order valence-corrected chi connectivity index (χ0v) is 9.06. The summed E-state index contributed by atoms with van der Waals surface area (Å²) in [4.78, 5) is 19.6. The normalized spacial score (nSPS) is 12.2. The molecule has 1 heterocycles. The first-order valence-electron chi connectivity index (χ1n) is 4.60. The van der Waals surface area contributed by atoms with E-state index in [0.717, 1.165) is 0 Å². The Morgan fingerprint density at radius 3 is 2.67 bits per heavy atom. The summed E-state index contributed by atoms with van der Waals surface area (Å²) in [6.45, 7) is 1.82. The number of hydrogen-bond donors (Lipinski definition) is 0. The van der Waals surface area contributed by atoms with Crippen LogP contribution in [-0.4, -0.2) is 36.1 Å². The number of nitrogens with zero attached hydrogens (tertiary/aromatic N) is 2. The van der Waals surface area contributed by atoms with Crippen LogP contribution in [0.4, 0.5) is 0 Å². The second kappa shape index (κ2) is 5.41. The minimum atomic E-state index is -0.135. The summed E-state index contributed by atoms with van der Waals surface area (Å²) in [5, 5.41) is 0. The van der Waals surface area contributed by atoms with Gasteiger partial charge in [0, 0.05) is 25.9 Å². The Labute approximate surface area is 88.4 Å². The number of carbonyl (C=O) groups excluding carboxylic acids is 1. The molecule has 0 spiro atoms. The van der Waals surface area contributed by atoms with Crippen LogP contribution in [0.2, 0.25) is 0 Å². The van der Waals surface area contributed by atoms with Crippen LogP contribution in [0.15, 0.2) is 12.4 Å². The molecule has 1 atom stereocenters. The molecule has 1 aromatic heterocycles. The maximum absolute atomic E-state index is 11.7. The third-order valence-corrected chi connectivity index (χ3v) is 2.00. The van der Waals surface area contributed by atoms with Crippen molar-refractivity contribution in [3.63, 3.8) is 0 Å². The summed E-state index contributed by atoms with van der Waals surface area (Å²) in [5.41, 5.74) is 0.254. The quantitative estimate of drug-likeness (QED) is 0.681. The minimum absolute atomic E-state index is 0.130. The molecule has 0 N–H and O–H groups in total. The lowest BCUT2D eigenvalue weighted by atomic mass is 10.1. The van der Waals surface area contributed by atoms with Gasteiger partial charge in [-0.25, -0.2) is 9.97 Å². The SMILES string of the molecule is COc1nccnc1C(=O)CC(C)OC. The zero-order chi connectivity index (χ0) is 11.3. The van der Waals surface area contributed by atoms with E-state index < -0.39 is 0 Å². The molecule has 1 unspecified atom stereocenters. The van der Waals surface area contributed by atoms with Gasteiger partial charge in [-0.05, 0) is 6.92 Å². The van der Waals surface area contributed by atoms with Gasteiger partial charge in [0.2, 0.25) is 5.88 Å². The first-order valence-corrected chi connectivity index (χ1v) is 4.60. The third-order valence-electron chi connectivity index (χ3n) is 2.00. The Morgan fingerprint density at radius 2 is 2.07 bits per heavy atom. The van der Waals surface area contributed by atoms with E-state index in [0.29, 0.717) is 0 Å². The fraction of sp³-hybridized carbons (Fsp3) is 0.500. The van der Waals surface area contributed by atoms with Gasteiger partial charge in [-0.3, -0.25) is 4.79 Å². The maximum atomic E-state index is 11.7. The number of hydrogen-bond acceptors (Lipinski definition) is 5. The predicted octanol–water partition coefficient (Wildman–Crippen LogP) is 1.09. The highest BCUT2D eigenvalue weighted by atomic mass is 16.5. The number of Topliss-reactive ketones (excluding diaryl/α,β-unsaturated/α-hetero) is 1. The molecular weight excluding hydrogens is 196 g/mol. The highest BCUT2D eigenvalue weighted by molar-refractivity contribution is 5.96. The number of aromatic nitrogens is 2. The Hall–Kier alpha value is -1.49. The number of methoxy groups -OCH3 is 2. The molecule has 0 saturated carbocycles. The fourth-order valence-electron chi connectivity index (χ4n) is 1.11. The molecular formula is C10H14N2O3. The summed E-state index contributed by atoms with van der Waals surface area (Å²) < 4.78 is 9.95. The first kappa shape index (κ1) is 11.6. The van der Waals surface area contributed by atoms with Crippen molar-refractivity contribution in [2.45, 2.75) is 19.4 Å². The average molecular weight is 210 g/mol. The molecule has 5 nitrogen and oxygen atoms in total. The van der Waals surface area contributed by atoms with E-state index in [4.69, 9.17) is 9.47 Å². The topological polar surface area (TPSA) is 61.3 Å². The van der Waals surface area contributed by atoms with Crippen LogP contribution >= 0.6 is 0 Å². The molecule has 5 heteroatoms. The van der Waals surface area contributed by atoms with E-state index in [1.807, 2.05) is 6.92 Å². The summed E-state index contributed by atoms with van der Waals surface area (Å²) in [6.07, 6.45) is 3.08. The summed E-state index contributed by atoms with van der Waals surface area (Å²) in [5.74, 6) is 0.125. The van der Waals surface area contributed by atoms with E-state index >= 15 is 0 Å². The van der Waals surface area contributed by atoms with E-state index in [-0.39, 0.29) is 29.9 Å². The van der Waals surface area contributed by atoms with Gasteiger partial charge in [-0.15, -0.1) is 0 Å². The van der Waals surface area contributed by atoms with Crippen molar-refractivity contribution in [3.8, 4) is 5.88 Å². The number of ketones is 1. The standard InChI is InChI=1S/C10H14N2O3/c1-7(14-2)6-8(13)9-10(15-3)12-5-4-11-9/h4-5,7H,6H2,1-3H3. The molecule has 0 amide bonds. The van der Waals surface area contributed by atoms with Gasteiger partial charge >= 0.3 is 0 Å². The van der Waals surface area contributed by atoms with Crippen LogP contribution in [-0.2, 0) is 4.74 Å². The van der Waals surface area contributed by atoms with Gasteiger partial charge in [0.1, 0.15) is 0 Å². The van der Waals surface area contributed by atoms with Crippen molar-refractivity contribution in [2.75, 3.05) is 14.2 Å². The molecule has 0 aliphatic rings. The summed E-state index contributed by atoms with van der Waals surface area (Å²) >= 11 is 0. The van der Waals surface area contributed by atoms with Gasteiger partial charge in [-0.1, -0.05) is 0 Å². The van der Waals surface area contributed by atoms with Crippen molar-refractivity contribution in [3.05, 3.63) is 18.1 Å². The molecule has 82 valence electrons. The second-order valence-corrected chi connectivity index (χ2v) is 3.09. The van der Waals surface area contributed by atoms with Crippen molar-refractivity contribution >= 4 is 5.78 Å². The van der Waals surface area contributed by atoms with Crippen molar-refractivity contribution in [1.82, 2.24) is 9.97 Å². The Balaban J connectivity index is 2.81. The zero-order valence-electron chi connectivity index (χ0n) is 9.06. The van der Waals surface area contributed by atoms with Crippen LogP contribution < -0.4 is 4.74 Å². The Bertz CT molecular complexity index is 341. The number of rotatable bonds is 5. The van der Waals surface area contributed by atoms with Crippen LogP contribution in [0.1, 0.15) is 23.8 Å². The van der Waals surface area contributed by atoms with Crippen LogP contribution in [0.3, 0.4) is 0 Å². The molecule has 0 saturated heterocycles. The maximum Gasteiger partial charge on any atom is 0.243 e. The Kier molecular flexibility index (Phi) is 4.17. The monoisotopic (exact) mass is 210 g/mol. The lowest BCUT2D eigenvalue weighted by Gasteiger charge is -2.08. The molecule has 15 heavy (non-hydrogen) atoms. The van der Waals surface area contributed by atoms with Crippen LogP contribution in [0, 0.1) is 0 Å². The molecule has 0 radical (unpaired) electrons. The van der Waals surface area contributed by atoms with Gasteiger partial charge in [0.25, 0.3) is 0 Å². The fourth-order valence-corrected chi connectivity index (χ4v) is 1.11. The lowest BCUT2D eigenvalue weighted by Crippen LogP contribution is -2.14. The second-order valence-electron chi connectivity index (χ2n) is 3.09. The van der Waals surface area contributed by atoms with Crippen molar-refractivity contribution in [1.29, 1.82) is 0 Å². The smallest absolute Gasteiger partial charge is 0.243 e. The van der Waals surface area contributed by atoms with Gasteiger partial charge in [0.05, 0.1) is 13.2 Å². The predicted molar refractivity (Wildman–Crippen MR) is 54.0 cm³/mol. The van der Waals surface area contributed by atoms with Crippen molar-refractivity contribution < 1.29 is 14.3 Å². The summed E-state index contributed by atoms with van der Waals surface area (Å²) in [6, 6.07) is 0. The Morgan fingerprint density at radius 1 is 1.40 bits per heavy atom. The van der Waals surface area contributed by atoms with Gasteiger partial charge in [-0.2, -0.15) is 0 Å². The van der Waals surface area contributed by atoms with E-state index in [9.17, 15) is 4.79 Å². The molecule has 1 aromatic rings. The average Bonchev–Trinajstić information content (AvgIpc) is 2.28. The highest BCUT2D eigenvalue weighted by Crippen LogP contribution is 2.14. The molecule has 0 aliphatic carbocycles. The van der Waals surface area contributed by atoms with Gasteiger partial charge in [0.15, 0.2) is 11.5 Å².